The van der Waals surface area contributed by atoms with E-state index in [1.54, 1.807) is 6.21 Å². The predicted octanol–water partition coefficient (Wildman–Crippen LogP) is 3.23. The predicted molar refractivity (Wildman–Crippen MR) is 93.8 cm³/mol. The van der Waals surface area contributed by atoms with E-state index in [4.69, 9.17) is 0 Å². The number of hydrogen-bond donors (Lipinski definition) is 2. The molecule has 0 unspecified atom stereocenters. The van der Waals surface area contributed by atoms with E-state index in [1.807, 2.05) is 49.6 Å². The van der Waals surface area contributed by atoms with Gasteiger partial charge < -0.3 is 5.32 Å². The molecule has 6 heteroatoms. The third kappa shape index (κ3) is 5.67. The van der Waals surface area contributed by atoms with E-state index in [1.165, 1.54) is 11.3 Å². The van der Waals surface area contributed by atoms with E-state index in [0.717, 1.165) is 21.7 Å². The highest BCUT2D eigenvalue weighted by molar-refractivity contribution is 7.11. The topological polar surface area (TPSA) is 70.6 Å². The number of amides is 2. The van der Waals surface area contributed by atoms with Crippen LogP contribution in [0.4, 0.5) is 5.69 Å². The maximum atomic E-state index is 11.9. The zero-order valence-corrected chi connectivity index (χ0v) is 13.9. The fourth-order valence-corrected chi connectivity index (χ4v) is 2.48. The van der Waals surface area contributed by atoms with Crippen LogP contribution in [-0.2, 0) is 9.59 Å². The molecule has 0 radical (unpaired) electrons. The van der Waals surface area contributed by atoms with E-state index in [-0.39, 0.29) is 24.7 Å². The molecule has 1 aromatic carbocycles. The molecule has 120 valence electrons. The van der Waals surface area contributed by atoms with Crippen LogP contribution in [0.15, 0.2) is 40.8 Å². The van der Waals surface area contributed by atoms with Crippen molar-refractivity contribution < 1.29 is 9.59 Å². The number of nitrogens with one attached hydrogen (secondary N) is 2. The summed E-state index contributed by atoms with van der Waals surface area (Å²) in [5, 5.41) is 8.62. The van der Waals surface area contributed by atoms with Crippen LogP contribution in [-0.4, -0.2) is 18.0 Å². The lowest BCUT2D eigenvalue weighted by atomic mass is 10.1. The third-order valence-corrected chi connectivity index (χ3v) is 3.98. The van der Waals surface area contributed by atoms with E-state index >= 15 is 0 Å². The monoisotopic (exact) mass is 329 g/mol. The molecule has 0 saturated heterocycles. The van der Waals surface area contributed by atoms with Crippen LogP contribution >= 0.6 is 11.3 Å². The van der Waals surface area contributed by atoms with Crippen molar-refractivity contribution in [3.8, 4) is 0 Å². The van der Waals surface area contributed by atoms with Gasteiger partial charge in [0.2, 0.25) is 11.8 Å². The summed E-state index contributed by atoms with van der Waals surface area (Å²) >= 11 is 1.53. The van der Waals surface area contributed by atoms with Gasteiger partial charge in [-0.05, 0) is 42.5 Å². The van der Waals surface area contributed by atoms with Crippen LogP contribution in [0.25, 0.3) is 0 Å². The molecule has 0 saturated carbocycles. The Labute approximate surface area is 139 Å². The average Bonchev–Trinajstić information content (AvgIpc) is 3.02. The minimum Gasteiger partial charge on any atom is -0.326 e. The molecule has 0 aliphatic heterocycles. The summed E-state index contributed by atoms with van der Waals surface area (Å²) in [5.74, 6) is -0.468. The van der Waals surface area contributed by atoms with Gasteiger partial charge in [-0.25, -0.2) is 5.43 Å². The quantitative estimate of drug-likeness (QED) is 0.631. The third-order valence-electron chi connectivity index (χ3n) is 3.17. The van der Waals surface area contributed by atoms with Crippen LogP contribution < -0.4 is 10.7 Å². The van der Waals surface area contributed by atoms with Gasteiger partial charge in [-0.2, -0.15) is 5.10 Å². The highest BCUT2D eigenvalue weighted by Crippen LogP contribution is 2.16. The first-order chi connectivity index (χ1) is 11.0. The Bertz CT molecular complexity index is 709. The van der Waals surface area contributed by atoms with Crippen LogP contribution in [0.1, 0.15) is 28.8 Å². The van der Waals surface area contributed by atoms with Crippen molar-refractivity contribution in [1.82, 2.24) is 5.43 Å². The SMILES string of the molecule is Cc1ccc(C)c(NC(=O)CCC(=O)N/N=C/c2cccs2)c1. The number of hydrazone groups is 1. The van der Waals surface area contributed by atoms with Crippen molar-refractivity contribution in [3.05, 3.63) is 51.7 Å². The Morgan fingerprint density at radius 2 is 1.96 bits per heavy atom. The minimum absolute atomic E-state index is 0.0957. The van der Waals surface area contributed by atoms with Gasteiger partial charge in [0.1, 0.15) is 0 Å². The summed E-state index contributed by atoms with van der Waals surface area (Å²) in [4.78, 5) is 24.5. The molecule has 0 aliphatic rings. The van der Waals surface area contributed by atoms with Gasteiger partial charge >= 0.3 is 0 Å². The van der Waals surface area contributed by atoms with Crippen LogP contribution in [0.5, 0.6) is 0 Å². The van der Waals surface area contributed by atoms with Crippen LogP contribution in [0.2, 0.25) is 0 Å². The van der Waals surface area contributed by atoms with Crippen LogP contribution in [0, 0.1) is 13.8 Å². The van der Waals surface area contributed by atoms with Crippen molar-refractivity contribution >= 4 is 35.1 Å². The van der Waals surface area contributed by atoms with Crippen molar-refractivity contribution in [2.45, 2.75) is 26.7 Å². The number of aryl methyl sites for hydroxylation is 2. The van der Waals surface area contributed by atoms with Crippen molar-refractivity contribution in [2.24, 2.45) is 5.10 Å². The van der Waals surface area contributed by atoms with Gasteiger partial charge in [0.15, 0.2) is 0 Å². The fourth-order valence-electron chi connectivity index (χ4n) is 1.90. The Morgan fingerprint density at radius 3 is 2.70 bits per heavy atom. The van der Waals surface area contributed by atoms with E-state index < -0.39 is 0 Å². The maximum Gasteiger partial charge on any atom is 0.240 e. The van der Waals surface area contributed by atoms with Gasteiger partial charge in [0.25, 0.3) is 0 Å². The largest absolute Gasteiger partial charge is 0.326 e. The first-order valence-corrected chi connectivity index (χ1v) is 8.15. The molecule has 2 amide bonds. The molecule has 0 atom stereocenters. The van der Waals surface area contributed by atoms with Gasteiger partial charge in [0, 0.05) is 23.4 Å². The molecule has 0 spiro atoms. The average molecular weight is 329 g/mol. The number of benzene rings is 1. The fraction of sp³-hybridized carbons (Fsp3) is 0.235. The summed E-state index contributed by atoms with van der Waals surface area (Å²) in [6.45, 7) is 3.90. The van der Waals surface area contributed by atoms with E-state index in [9.17, 15) is 9.59 Å². The van der Waals surface area contributed by atoms with E-state index in [0.29, 0.717) is 0 Å². The molecule has 2 rings (SSSR count). The number of thiophene rings is 1. The lowest BCUT2D eigenvalue weighted by molar-refractivity contribution is -0.124. The lowest BCUT2D eigenvalue weighted by Gasteiger charge is -2.09. The highest BCUT2D eigenvalue weighted by Gasteiger charge is 2.08. The molecule has 5 nitrogen and oxygen atoms in total. The molecule has 2 aromatic rings. The zero-order valence-electron chi connectivity index (χ0n) is 13.1. The number of hydrogen-bond acceptors (Lipinski definition) is 4. The normalized spacial score (nSPS) is 10.7. The van der Waals surface area contributed by atoms with Crippen molar-refractivity contribution in [3.63, 3.8) is 0 Å². The van der Waals surface area contributed by atoms with Crippen molar-refractivity contribution in [1.29, 1.82) is 0 Å². The van der Waals surface area contributed by atoms with Crippen molar-refractivity contribution in [2.75, 3.05) is 5.32 Å². The number of anilines is 1. The summed E-state index contributed by atoms with van der Waals surface area (Å²) < 4.78 is 0. The Balaban J connectivity index is 1.75. The summed E-state index contributed by atoms with van der Waals surface area (Å²) in [7, 11) is 0. The molecule has 0 fully saturated rings. The maximum absolute atomic E-state index is 11.9. The van der Waals surface area contributed by atoms with Gasteiger partial charge in [-0.15, -0.1) is 11.3 Å². The molecule has 0 aliphatic carbocycles. The summed E-state index contributed by atoms with van der Waals surface area (Å²) in [5.41, 5.74) is 5.27. The zero-order chi connectivity index (χ0) is 16.7. The van der Waals surface area contributed by atoms with Crippen LogP contribution in [0.3, 0.4) is 0 Å². The first-order valence-electron chi connectivity index (χ1n) is 7.27. The van der Waals surface area contributed by atoms with E-state index in [2.05, 4.69) is 15.8 Å². The molecule has 1 aromatic heterocycles. The number of carbonyl (C=O) groups excluding carboxylic acids is 2. The molecular formula is C17H19N3O2S. The number of nitrogens with zero attached hydrogens (tertiary/aromatic N) is 1. The van der Waals surface area contributed by atoms with Gasteiger partial charge in [-0.3, -0.25) is 9.59 Å². The summed E-state index contributed by atoms with van der Waals surface area (Å²) in [6.07, 6.45) is 1.80. The van der Waals surface area contributed by atoms with Gasteiger partial charge in [0.05, 0.1) is 6.21 Å². The second-order valence-corrected chi connectivity index (χ2v) is 6.15. The second-order valence-electron chi connectivity index (χ2n) is 5.18. The molecular weight excluding hydrogens is 310 g/mol. The smallest absolute Gasteiger partial charge is 0.240 e. The number of carbonyl (C=O) groups is 2. The Hall–Kier alpha value is -2.47. The highest BCUT2D eigenvalue weighted by atomic mass is 32.1. The lowest BCUT2D eigenvalue weighted by Crippen LogP contribution is -2.20. The molecule has 1 heterocycles. The second kappa shape index (κ2) is 8.24. The number of rotatable bonds is 6. The Morgan fingerprint density at radius 1 is 1.17 bits per heavy atom. The van der Waals surface area contributed by atoms with Gasteiger partial charge in [-0.1, -0.05) is 18.2 Å². The molecule has 23 heavy (non-hydrogen) atoms. The molecule has 2 N–H and O–H groups in total. The summed E-state index contributed by atoms with van der Waals surface area (Å²) in [6, 6.07) is 9.67. The molecule has 0 bridgehead atoms. The minimum atomic E-state index is -0.283. The Kier molecular flexibility index (Phi) is 6.05. The first kappa shape index (κ1) is 16.9. The standard InChI is InChI=1S/C17H19N3O2S/c1-12-5-6-13(2)15(10-12)19-16(21)7-8-17(22)20-18-11-14-4-3-9-23-14/h3-6,9-11H,7-8H2,1-2H3,(H,19,21)(H,20,22)/b18-11+.